The first-order valence-corrected chi connectivity index (χ1v) is 18.5. The molecule has 16 heteroatoms. The zero-order chi connectivity index (χ0) is 38.2. The smallest absolute Gasteiger partial charge is 0.309 e. The minimum Gasteiger partial charge on any atom is -0.461 e. The summed E-state index contributed by atoms with van der Waals surface area (Å²) >= 11 is 0. The Kier molecular flexibility index (Phi) is 16.9. The number of nitrogens with two attached hydrogens (primary N) is 2. The van der Waals surface area contributed by atoms with Gasteiger partial charge in [0.15, 0.2) is 10.8 Å². The van der Waals surface area contributed by atoms with E-state index in [4.69, 9.17) is 16.2 Å². The maximum absolute atomic E-state index is 14.1. The van der Waals surface area contributed by atoms with Crippen LogP contribution in [-0.4, -0.2) is 94.1 Å². The van der Waals surface area contributed by atoms with Gasteiger partial charge in [-0.05, 0) is 56.4 Å². The van der Waals surface area contributed by atoms with Gasteiger partial charge in [-0.15, -0.1) is 0 Å². The van der Waals surface area contributed by atoms with Crippen LogP contribution in [0.3, 0.4) is 0 Å². The van der Waals surface area contributed by atoms with E-state index in [1.807, 2.05) is 51.1 Å². The van der Waals surface area contributed by atoms with Crippen molar-refractivity contribution in [3.05, 3.63) is 46.0 Å². The number of esters is 1. The lowest BCUT2D eigenvalue weighted by atomic mass is 9.93. The van der Waals surface area contributed by atoms with E-state index in [2.05, 4.69) is 15.7 Å². The maximum atomic E-state index is 14.1. The molecule has 0 radical (unpaired) electrons. The van der Waals surface area contributed by atoms with Gasteiger partial charge >= 0.3 is 5.97 Å². The molecule has 5 atom stereocenters. The number of hydrogen-bond acceptors (Lipinski definition) is 9. The Morgan fingerprint density at radius 3 is 2.33 bits per heavy atom. The summed E-state index contributed by atoms with van der Waals surface area (Å²) in [7, 11) is 0. The maximum Gasteiger partial charge on any atom is 0.309 e. The lowest BCUT2D eigenvalue weighted by Gasteiger charge is -2.33. The molecule has 52 heavy (non-hydrogen) atoms. The summed E-state index contributed by atoms with van der Waals surface area (Å²) in [5.74, 6) is -3.22. The van der Waals surface area contributed by atoms with Gasteiger partial charge in [0.1, 0.15) is 23.8 Å². The molecular formula is C36H56N8O8. The average molecular weight is 729 g/mol. The van der Waals surface area contributed by atoms with Gasteiger partial charge in [0.05, 0.1) is 18.0 Å². The minimum atomic E-state index is -0.923. The Balaban J connectivity index is 1.71. The first kappa shape index (κ1) is 41.8. The standard InChI is InChI=1S/C36H56N8O8/c1-4-5-7-16-27(40-32(46)31(37)24(2)3)33(47)43-21-12-18-29(43)34(48)42-20-11-17-28(42)30(45)22-26(15-10-19-39-36(38)41-44(50)51)35(49)52-23-25-13-8-6-9-14-25/h6,8-9,13-14,24,26-29,31H,4-5,7,10-12,15-23,37H2,1-3H3,(H,40,46)(H3,38,39,41). The number of nitrogens with one attached hydrogen (secondary N) is 2. The molecule has 2 fully saturated rings. The molecule has 0 bridgehead atoms. The molecule has 2 saturated heterocycles. The van der Waals surface area contributed by atoms with E-state index in [1.165, 1.54) is 0 Å². The van der Waals surface area contributed by atoms with Gasteiger partial charge in [0.25, 0.3) is 5.96 Å². The van der Waals surface area contributed by atoms with Gasteiger partial charge in [0, 0.05) is 26.1 Å². The zero-order valence-corrected chi connectivity index (χ0v) is 30.7. The summed E-state index contributed by atoms with van der Waals surface area (Å²) in [6.07, 6.45) is 5.42. The van der Waals surface area contributed by atoms with Crippen LogP contribution in [0.2, 0.25) is 0 Å². The highest BCUT2D eigenvalue weighted by molar-refractivity contribution is 5.96. The number of ether oxygens (including phenoxy) is 1. The second-order valence-corrected chi connectivity index (χ2v) is 14.0. The van der Waals surface area contributed by atoms with Crippen molar-refractivity contribution < 1.29 is 33.7 Å². The molecule has 3 rings (SSSR count). The predicted molar refractivity (Wildman–Crippen MR) is 194 cm³/mol. The Labute approximate surface area is 305 Å². The normalized spacial score (nSPS) is 19.2. The number of rotatable bonds is 20. The summed E-state index contributed by atoms with van der Waals surface area (Å²) in [5.41, 5.74) is 12.4. The monoisotopic (exact) mass is 728 g/mol. The molecule has 0 aromatic heterocycles. The number of carbonyl (C=O) groups excluding carboxylic acids is 5. The van der Waals surface area contributed by atoms with Crippen molar-refractivity contribution in [3.8, 4) is 0 Å². The van der Waals surface area contributed by atoms with Crippen LogP contribution in [0, 0.1) is 22.0 Å². The molecule has 0 spiro atoms. The fourth-order valence-corrected chi connectivity index (χ4v) is 6.69. The van der Waals surface area contributed by atoms with E-state index in [0.717, 1.165) is 24.8 Å². The number of guanidine groups is 1. The summed E-state index contributed by atoms with van der Waals surface area (Å²) in [5, 5.41) is 18.1. The molecule has 288 valence electrons. The van der Waals surface area contributed by atoms with Gasteiger partial charge < -0.3 is 36.6 Å². The molecule has 3 amide bonds. The molecule has 6 N–H and O–H groups in total. The van der Waals surface area contributed by atoms with Crippen LogP contribution in [-0.2, 0) is 35.3 Å². The van der Waals surface area contributed by atoms with E-state index < -0.39 is 47.0 Å². The largest absolute Gasteiger partial charge is 0.461 e. The Morgan fingerprint density at radius 2 is 1.67 bits per heavy atom. The molecule has 2 heterocycles. The fourth-order valence-electron chi connectivity index (χ4n) is 6.69. The number of nitrogens with zero attached hydrogens (tertiary/aromatic N) is 4. The highest BCUT2D eigenvalue weighted by Gasteiger charge is 2.44. The van der Waals surface area contributed by atoms with Crippen LogP contribution in [0.25, 0.3) is 0 Å². The van der Waals surface area contributed by atoms with Gasteiger partial charge in [0.2, 0.25) is 17.7 Å². The quantitative estimate of drug-likeness (QED) is 0.0380. The second-order valence-electron chi connectivity index (χ2n) is 14.0. The first-order valence-electron chi connectivity index (χ1n) is 18.5. The minimum absolute atomic E-state index is 0.0218. The number of likely N-dealkylation sites (tertiary alicyclic amines) is 2. The van der Waals surface area contributed by atoms with Crippen molar-refractivity contribution in [1.29, 1.82) is 0 Å². The molecule has 1 aromatic rings. The third-order valence-corrected chi connectivity index (χ3v) is 9.69. The number of amides is 3. The lowest BCUT2D eigenvalue weighted by molar-refractivity contribution is -0.485. The average Bonchev–Trinajstić information content (AvgIpc) is 3.82. The fraction of sp³-hybridized carbons (Fsp3) is 0.667. The van der Waals surface area contributed by atoms with Crippen molar-refractivity contribution in [1.82, 2.24) is 20.4 Å². The Morgan fingerprint density at radius 1 is 1.00 bits per heavy atom. The Bertz CT molecular complexity index is 1410. The number of Topliss-reactive ketones (excluding diaryl/α,β-unsaturated/α-hetero) is 1. The topological polar surface area (TPSA) is 233 Å². The third-order valence-electron chi connectivity index (χ3n) is 9.69. The molecule has 16 nitrogen and oxygen atoms in total. The van der Waals surface area contributed by atoms with E-state index in [0.29, 0.717) is 51.6 Å². The molecule has 5 unspecified atom stereocenters. The molecule has 2 aliphatic heterocycles. The summed E-state index contributed by atoms with van der Waals surface area (Å²) in [6.45, 7) is 6.61. The van der Waals surface area contributed by atoms with Crippen LogP contribution < -0.4 is 22.1 Å². The van der Waals surface area contributed by atoms with Crippen molar-refractivity contribution in [2.24, 2.45) is 28.4 Å². The number of carbonyl (C=O) groups is 5. The van der Waals surface area contributed by atoms with Crippen LogP contribution >= 0.6 is 0 Å². The van der Waals surface area contributed by atoms with Crippen LogP contribution in [0.5, 0.6) is 0 Å². The highest BCUT2D eigenvalue weighted by Crippen LogP contribution is 2.28. The number of benzene rings is 1. The van der Waals surface area contributed by atoms with Gasteiger partial charge in [-0.2, -0.15) is 0 Å². The number of hydrazone groups is 1. The van der Waals surface area contributed by atoms with Crippen LogP contribution in [0.1, 0.15) is 97.0 Å². The number of unbranched alkanes of at least 4 members (excludes halogenated alkanes) is 2. The van der Waals surface area contributed by atoms with Crippen molar-refractivity contribution >= 4 is 35.4 Å². The van der Waals surface area contributed by atoms with E-state index >= 15 is 0 Å². The van der Waals surface area contributed by atoms with Crippen molar-refractivity contribution in [2.75, 3.05) is 19.6 Å². The first-order chi connectivity index (χ1) is 24.8. The summed E-state index contributed by atoms with van der Waals surface area (Å²) in [6, 6.07) is 6.00. The zero-order valence-electron chi connectivity index (χ0n) is 30.7. The number of hydrogen-bond donors (Lipinski definition) is 4. The van der Waals surface area contributed by atoms with Crippen LogP contribution in [0.4, 0.5) is 0 Å². The molecule has 1 aromatic carbocycles. The van der Waals surface area contributed by atoms with Gasteiger partial charge in [-0.3, -0.25) is 24.0 Å². The summed E-state index contributed by atoms with van der Waals surface area (Å²) in [4.78, 5) is 81.8. The van der Waals surface area contributed by atoms with Gasteiger partial charge in [-0.25, -0.2) is 10.1 Å². The second kappa shape index (κ2) is 21.1. The van der Waals surface area contributed by atoms with Crippen molar-refractivity contribution in [3.63, 3.8) is 0 Å². The third kappa shape index (κ3) is 12.6. The Hall–Kier alpha value is -4.60. The van der Waals surface area contributed by atoms with Crippen molar-refractivity contribution in [2.45, 2.75) is 122 Å². The molecule has 2 aliphatic rings. The predicted octanol–water partition coefficient (Wildman–Crippen LogP) is 2.21. The number of nitro groups is 1. The lowest BCUT2D eigenvalue weighted by Crippen LogP contribution is -2.57. The highest BCUT2D eigenvalue weighted by atomic mass is 16.7. The number of ketones is 1. The van der Waals surface area contributed by atoms with E-state index in [1.54, 1.807) is 9.80 Å². The summed E-state index contributed by atoms with van der Waals surface area (Å²) < 4.78 is 5.58. The molecular weight excluding hydrogens is 672 g/mol. The molecule has 0 aliphatic carbocycles. The van der Waals surface area contributed by atoms with E-state index in [9.17, 15) is 34.1 Å². The molecule has 0 saturated carbocycles. The van der Waals surface area contributed by atoms with Gasteiger partial charge in [-0.1, -0.05) is 70.4 Å². The SMILES string of the molecule is CCCCCC(NC(=O)C(N)C(C)C)C(=O)N1CCCC1C(=O)N1CCCC1C(=O)CC(CCCNC(N)=N[N+](=O)[O-])C(=O)OCc1ccccc1. The van der Waals surface area contributed by atoms with E-state index in [-0.39, 0.29) is 55.5 Å². The van der Waals surface area contributed by atoms with Crippen LogP contribution in [0.15, 0.2) is 35.4 Å².